The Morgan fingerprint density at radius 3 is 2.92 bits per heavy atom. The summed E-state index contributed by atoms with van der Waals surface area (Å²) in [5, 5.41) is 0. The van der Waals surface area contributed by atoms with Gasteiger partial charge in [-0.05, 0) is 60.2 Å². The average Bonchev–Trinajstić information content (AvgIpc) is 2.21. The number of benzene rings is 1. The number of fused-ring (bicyclic) bond motifs is 1. The molecule has 0 spiro atoms. The largest absolute Gasteiger partial charge is 0.487 e. The summed E-state index contributed by atoms with van der Waals surface area (Å²) in [5.41, 5.74) is 1.33. The minimum absolute atomic E-state index is 0.00718. The first-order chi connectivity index (χ1) is 5.57. The van der Waals surface area contributed by atoms with E-state index in [1.165, 1.54) is 9.13 Å². The lowest BCUT2D eigenvalue weighted by Crippen LogP contribution is -2.24. The van der Waals surface area contributed by atoms with Crippen molar-refractivity contribution in [3.05, 3.63) is 27.3 Å². The molecule has 0 saturated heterocycles. The quantitative estimate of drug-likeness (QED) is 0.661. The van der Waals surface area contributed by atoms with Crippen molar-refractivity contribution >= 4 is 22.6 Å². The molecule has 0 amide bonds. The van der Waals surface area contributed by atoms with Crippen LogP contribution in [0.5, 0.6) is 5.75 Å². The van der Waals surface area contributed by atoms with Crippen molar-refractivity contribution in [2.45, 2.75) is 25.9 Å². The SMILES string of the molecule is CC1(C)Cc2cc(I)ccc2O1. The van der Waals surface area contributed by atoms with Gasteiger partial charge in [-0.25, -0.2) is 0 Å². The first kappa shape index (κ1) is 8.35. The molecule has 1 nitrogen and oxygen atoms in total. The van der Waals surface area contributed by atoms with Gasteiger partial charge in [-0.15, -0.1) is 0 Å². The summed E-state index contributed by atoms with van der Waals surface area (Å²) >= 11 is 2.33. The molecule has 64 valence electrons. The van der Waals surface area contributed by atoms with Crippen molar-refractivity contribution in [2.75, 3.05) is 0 Å². The molecule has 0 aromatic heterocycles. The fraction of sp³-hybridized carbons (Fsp3) is 0.400. The van der Waals surface area contributed by atoms with Gasteiger partial charge in [0.25, 0.3) is 0 Å². The highest BCUT2D eigenvalue weighted by atomic mass is 127. The van der Waals surface area contributed by atoms with E-state index in [1.54, 1.807) is 0 Å². The topological polar surface area (TPSA) is 9.23 Å². The Bertz CT molecular complexity index is 318. The monoisotopic (exact) mass is 274 g/mol. The third-order valence-electron chi connectivity index (χ3n) is 2.02. The second-order valence-electron chi connectivity index (χ2n) is 3.79. The highest BCUT2D eigenvalue weighted by molar-refractivity contribution is 14.1. The van der Waals surface area contributed by atoms with Crippen LogP contribution >= 0.6 is 22.6 Å². The van der Waals surface area contributed by atoms with Crippen molar-refractivity contribution in [1.82, 2.24) is 0 Å². The Morgan fingerprint density at radius 2 is 2.17 bits per heavy atom. The van der Waals surface area contributed by atoms with E-state index in [4.69, 9.17) is 4.74 Å². The third-order valence-corrected chi connectivity index (χ3v) is 2.70. The molecule has 0 aliphatic carbocycles. The Balaban J connectivity index is 2.43. The van der Waals surface area contributed by atoms with Crippen LogP contribution in [0, 0.1) is 3.57 Å². The molecule has 0 saturated carbocycles. The zero-order valence-electron chi connectivity index (χ0n) is 7.23. The smallest absolute Gasteiger partial charge is 0.123 e. The van der Waals surface area contributed by atoms with Crippen LogP contribution < -0.4 is 4.74 Å². The molecule has 1 aromatic rings. The normalized spacial score (nSPS) is 18.6. The molecule has 1 aromatic carbocycles. The van der Waals surface area contributed by atoms with Gasteiger partial charge < -0.3 is 4.74 Å². The number of hydrogen-bond donors (Lipinski definition) is 0. The highest BCUT2D eigenvalue weighted by Crippen LogP contribution is 2.35. The number of rotatable bonds is 0. The molecule has 1 heterocycles. The van der Waals surface area contributed by atoms with Crippen LogP contribution in [-0.4, -0.2) is 5.60 Å². The number of ether oxygens (including phenoxy) is 1. The Morgan fingerprint density at radius 1 is 1.42 bits per heavy atom. The van der Waals surface area contributed by atoms with Crippen molar-refractivity contribution in [1.29, 1.82) is 0 Å². The average molecular weight is 274 g/mol. The van der Waals surface area contributed by atoms with Crippen molar-refractivity contribution in [3.8, 4) is 5.75 Å². The van der Waals surface area contributed by atoms with E-state index in [1.807, 2.05) is 0 Å². The maximum atomic E-state index is 5.75. The molecule has 2 rings (SSSR count). The third kappa shape index (κ3) is 1.44. The van der Waals surface area contributed by atoms with Crippen molar-refractivity contribution in [2.24, 2.45) is 0 Å². The van der Waals surface area contributed by atoms with Gasteiger partial charge >= 0.3 is 0 Å². The van der Waals surface area contributed by atoms with Gasteiger partial charge in [0, 0.05) is 9.99 Å². The Labute approximate surface area is 86.3 Å². The molecule has 2 heteroatoms. The van der Waals surface area contributed by atoms with E-state index < -0.39 is 0 Å². The van der Waals surface area contributed by atoms with Gasteiger partial charge in [-0.2, -0.15) is 0 Å². The van der Waals surface area contributed by atoms with E-state index in [0.29, 0.717) is 0 Å². The lowest BCUT2D eigenvalue weighted by Gasteiger charge is -2.16. The summed E-state index contributed by atoms with van der Waals surface area (Å²) in [4.78, 5) is 0. The zero-order chi connectivity index (χ0) is 8.77. The minimum Gasteiger partial charge on any atom is -0.487 e. The van der Waals surface area contributed by atoms with E-state index in [0.717, 1.165) is 12.2 Å². The lowest BCUT2D eigenvalue weighted by molar-refractivity contribution is 0.138. The van der Waals surface area contributed by atoms with Crippen LogP contribution in [0.3, 0.4) is 0 Å². The fourth-order valence-corrected chi connectivity index (χ4v) is 2.13. The molecule has 0 bridgehead atoms. The van der Waals surface area contributed by atoms with Gasteiger partial charge in [0.05, 0.1) is 0 Å². The summed E-state index contributed by atoms with van der Waals surface area (Å²) < 4.78 is 7.03. The number of hydrogen-bond acceptors (Lipinski definition) is 1. The molecule has 12 heavy (non-hydrogen) atoms. The molecule has 1 aliphatic rings. The van der Waals surface area contributed by atoms with Crippen molar-refractivity contribution in [3.63, 3.8) is 0 Å². The standard InChI is InChI=1S/C10H11IO/c1-10(2)6-7-5-8(11)3-4-9(7)12-10/h3-5H,6H2,1-2H3. The second-order valence-corrected chi connectivity index (χ2v) is 5.04. The Hall–Kier alpha value is -0.250. The fourth-order valence-electron chi connectivity index (χ4n) is 1.58. The first-order valence-corrected chi connectivity index (χ1v) is 5.12. The summed E-state index contributed by atoms with van der Waals surface area (Å²) in [6.07, 6.45) is 1.03. The molecule has 1 aliphatic heterocycles. The number of halogens is 1. The summed E-state index contributed by atoms with van der Waals surface area (Å²) in [6, 6.07) is 6.34. The summed E-state index contributed by atoms with van der Waals surface area (Å²) in [7, 11) is 0. The molecule has 0 fully saturated rings. The molecule has 0 atom stereocenters. The lowest BCUT2D eigenvalue weighted by atomic mass is 10.0. The van der Waals surface area contributed by atoms with Crippen LogP contribution in [0.2, 0.25) is 0 Å². The van der Waals surface area contributed by atoms with Crippen LogP contribution in [0.15, 0.2) is 18.2 Å². The zero-order valence-corrected chi connectivity index (χ0v) is 9.38. The predicted octanol–water partition coefficient (Wildman–Crippen LogP) is 3.00. The second kappa shape index (κ2) is 2.62. The van der Waals surface area contributed by atoms with E-state index >= 15 is 0 Å². The van der Waals surface area contributed by atoms with Gasteiger partial charge in [0.1, 0.15) is 11.4 Å². The van der Waals surface area contributed by atoms with Crippen LogP contribution in [-0.2, 0) is 6.42 Å². The van der Waals surface area contributed by atoms with Gasteiger partial charge in [0.2, 0.25) is 0 Å². The van der Waals surface area contributed by atoms with Gasteiger partial charge in [0.15, 0.2) is 0 Å². The van der Waals surface area contributed by atoms with Crippen LogP contribution in [0.4, 0.5) is 0 Å². The first-order valence-electron chi connectivity index (χ1n) is 4.04. The van der Waals surface area contributed by atoms with Gasteiger partial charge in [-0.1, -0.05) is 0 Å². The predicted molar refractivity (Wildman–Crippen MR) is 57.6 cm³/mol. The van der Waals surface area contributed by atoms with Gasteiger partial charge in [-0.3, -0.25) is 0 Å². The molecule has 0 N–H and O–H groups in total. The molecule has 0 unspecified atom stereocenters. The van der Waals surface area contributed by atoms with Crippen LogP contribution in [0.25, 0.3) is 0 Å². The molecule has 0 radical (unpaired) electrons. The maximum Gasteiger partial charge on any atom is 0.123 e. The van der Waals surface area contributed by atoms with E-state index in [2.05, 4.69) is 54.6 Å². The summed E-state index contributed by atoms with van der Waals surface area (Å²) in [5.74, 6) is 1.06. The molecular weight excluding hydrogens is 263 g/mol. The minimum atomic E-state index is -0.00718. The Kier molecular flexibility index (Phi) is 1.82. The van der Waals surface area contributed by atoms with Crippen molar-refractivity contribution < 1.29 is 4.74 Å². The maximum absolute atomic E-state index is 5.75. The van der Waals surface area contributed by atoms with E-state index in [-0.39, 0.29) is 5.60 Å². The van der Waals surface area contributed by atoms with E-state index in [9.17, 15) is 0 Å². The summed E-state index contributed by atoms with van der Waals surface area (Å²) in [6.45, 7) is 4.25. The van der Waals surface area contributed by atoms with Crippen LogP contribution in [0.1, 0.15) is 19.4 Å². The highest BCUT2D eigenvalue weighted by Gasteiger charge is 2.29. The molecular formula is C10H11IO.